The Labute approximate surface area is 104 Å². The fourth-order valence-corrected chi connectivity index (χ4v) is 1.73. The van der Waals surface area contributed by atoms with E-state index in [1.54, 1.807) is 19.2 Å². The molecule has 17 heavy (non-hydrogen) atoms. The summed E-state index contributed by atoms with van der Waals surface area (Å²) in [5.74, 6) is 1.17. The topological polar surface area (TPSA) is 73.1 Å². The minimum absolute atomic E-state index is 0.494. The van der Waals surface area contributed by atoms with Crippen LogP contribution in [0.2, 0.25) is 0 Å². The fourth-order valence-electron chi connectivity index (χ4n) is 1.13. The molecule has 0 aliphatic carbocycles. The van der Waals surface area contributed by atoms with Crippen molar-refractivity contribution in [2.75, 3.05) is 17.6 Å². The molecule has 88 valence electrons. The van der Waals surface area contributed by atoms with Gasteiger partial charge in [-0.2, -0.15) is 0 Å². The molecule has 0 radical (unpaired) electrons. The van der Waals surface area contributed by atoms with Crippen molar-refractivity contribution in [3.63, 3.8) is 0 Å². The van der Waals surface area contributed by atoms with E-state index in [9.17, 15) is 0 Å². The van der Waals surface area contributed by atoms with Crippen molar-refractivity contribution >= 4 is 23.5 Å². The van der Waals surface area contributed by atoms with Gasteiger partial charge in [-0.05, 0) is 42.3 Å². The summed E-state index contributed by atoms with van der Waals surface area (Å²) in [6, 6.07) is 11.1. The number of nitrogens with one attached hydrogen (secondary N) is 1. The standard InChI is InChI=1S/C11H12N4OS/c1-16-11-7-6-10(13-14-11)15-17-9-4-2-8(12)3-5-9/h2-7H,12H2,1H3,(H,13,15). The molecular formula is C11H12N4OS. The Morgan fingerprint density at radius 2 is 1.88 bits per heavy atom. The Kier molecular flexibility index (Phi) is 3.66. The van der Waals surface area contributed by atoms with Crippen LogP contribution in [0, 0.1) is 0 Å². The molecule has 0 aliphatic rings. The first-order valence-electron chi connectivity index (χ1n) is 4.94. The molecule has 0 atom stereocenters. The van der Waals surface area contributed by atoms with Crippen LogP contribution in [0.25, 0.3) is 0 Å². The quantitative estimate of drug-likeness (QED) is 0.638. The molecule has 1 heterocycles. The highest BCUT2D eigenvalue weighted by Crippen LogP contribution is 2.20. The average molecular weight is 248 g/mol. The normalized spacial score (nSPS) is 9.94. The third-order valence-corrected chi connectivity index (χ3v) is 2.82. The highest BCUT2D eigenvalue weighted by molar-refractivity contribution is 8.00. The number of nitrogens with two attached hydrogens (primary N) is 1. The van der Waals surface area contributed by atoms with Gasteiger partial charge in [-0.1, -0.05) is 0 Å². The summed E-state index contributed by atoms with van der Waals surface area (Å²) in [4.78, 5) is 1.05. The zero-order chi connectivity index (χ0) is 12.1. The first-order valence-corrected chi connectivity index (χ1v) is 5.76. The van der Waals surface area contributed by atoms with E-state index < -0.39 is 0 Å². The van der Waals surface area contributed by atoms with Crippen LogP contribution < -0.4 is 15.2 Å². The van der Waals surface area contributed by atoms with Crippen LogP contribution >= 0.6 is 11.9 Å². The van der Waals surface area contributed by atoms with Crippen molar-refractivity contribution < 1.29 is 4.74 Å². The lowest BCUT2D eigenvalue weighted by molar-refractivity contribution is 0.392. The molecule has 5 nitrogen and oxygen atoms in total. The van der Waals surface area contributed by atoms with Crippen LogP contribution in [0.5, 0.6) is 5.88 Å². The van der Waals surface area contributed by atoms with Gasteiger partial charge in [0.1, 0.15) is 0 Å². The third-order valence-electron chi connectivity index (χ3n) is 2.00. The zero-order valence-corrected chi connectivity index (χ0v) is 10.1. The second-order valence-electron chi connectivity index (χ2n) is 3.23. The first kappa shape index (κ1) is 11.5. The maximum atomic E-state index is 5.60. The maximum Gasteiger partial charge on any atom is 0.233 e. The highest BCUT2D eigenvalue weighted by atomic mass is 32.2. The summed E-state index contributed by atoms with van der Waals surface area (Å²) in [6.45, 7) is 0. The average Bonchev–Trinajstić information content (AvgIpc) is 2.39. The molecule has 0 unspecified atom stereocenters. The lowest BCUT2D eigenvalue weighted by Gasteiger charge is -2.04. The van der Waals surface area contributed by atoms with E-state index in [4.69, 9.17) is 10.5 Å². The van der Waals surface area contributed by atoms with Crippen molar-refractivity contribution in [1.29, 1.82) is 0 Å². The number of hydrogen-bond acceptors (Lipinski definition) is 6. The zero-order valence-electron chi connectivity index (χ0n) is 9.25. The number of ether oxygens (including phenoxy) is 1. The fraction of sp³-hybridized carbons (Fsp3) is 0.0909. The largest absolute Gasteiger partial charge is 0.480 e. The summed E-state index contributed by atoms with van der Waals surface area (Å²) >= 11 is 1.45. The highest BCUT2D eigenvalue weighted by Gasteiger charge is 1.98. The molecule has 0 spiro atoms. The van der Waals surface area contributed by atoms with Gasteiger partial charge < -0.3 is 15.2 Å². The van der Waals surface area contributed by atoms with Crippen LogP contribution in [0.4, 0.5) is 11.5 Å². The van der Waals surface area contributed by atoms with E-state index in [0.717, 1.165) is 10.6 Å². The monoisotopic (exact) mass is 248 g/mol. The predicted octanol–water partition coefficient (Wildman–Crippen LogP) is 2.19. The Balaban J connectivity index is 1.95. The van der Waals surface area contributed by atoms with Crippen molar-refractivity contribution in [2.45, 2.75) is 4.90 Å². The number of anilines is 2. The molecule has 1 aromatic heterocycles. The molecule has 3 N–H and O–H groups in total. The lowest BCUT2D eigenvalue weighted by atomic mass is 10.3. The van der Waals surface area contributed by atoms with Crippen LogP contribution in [0.1, 0.15) is 0 Å². The van der Waals surface area contributed by atoms with Gasteiger partial charge in [-0.25, -0.2) is 0 Å². The van der Waals surface area contributed by atoms with Crippen LogP contribution in [0.3, 0.4) is 0 Å². The van der Waals surface area contributed by atoms with Gasteiger partial charge >= 0.3 is 0 Å². The summed E-state index contributed by atoms with van der Waals surface area (Å²) in [5, 5.41) is 7.81. The molecule has 0 saturated carbocycles. The second-order valence-corrected chi connectivity index (χ2v) is 4.11. The molecule has 0 saturated heterocycles. The van der Waals surface area contributed by atoms with E-state index in [2.05, 4.69) is 14.9 Å². The number of nitrogens with zero attached hydrogens (tertiary/aromatic N) is 2. The number of nitrogen functional groups attached to an aromatic ring is 1. The Bertz CT molecular complexity index is 472. The van der Waals surface area contributed by atoms with Crippen molar-refractivity contribution in [1.82, 2.24) is 10.2 Å². The number of hydrogen-bond donors (Lipinski definition) is 2. The first-order chi connectivity index (χ1) is 8.28. The summed E-state index contributed by atoms with van der Waals surface area (Å²) in [6.07, 6.45) is 0. The third kappa shape index (κ3) is 3.25. The molecule has 0 amide bonds. The van der Waals surface area contributed by atoms with Gasteiger partial charge in [-0.15, -0.1) is 10.2 Å². The van der Waals surface area contributed by atoms with E-state index >= 15 is 0 Å². The molecule has 0 aliphatic heterocycles. The van der Waals surface area contributed by atoms with E-state index in [1.165, 1.54) is 11.9 Å². The molecule has 2 rings (SSSR count). The number of benzene rings is 1. The SMILES string of the molecule is COc1ccc(NSc2ccc(N)cc2)nn1. The number of methoxy groups -OCH3 is 1. The predicted molar refractivity (Wildman–Crippen MR) is 68.9 cm³/mol. The number of rotatable bonds is 4. The van der Waals surface area contributed by atoms with E-state index in [1.807, 2.05) is 24.3 Å². The van der Waals surface area contributed by atoms with Crippen molar-refractivity contribution in [3.8, 4) is 5.88 Å². The van der Waals surface area contributed by atoms with Gasteiger partial charge in [0.2, 0.25) is 5.88 Å². The Morgan fingerprint density at radius 3 is 2.47 bits per heavy atom. The van der Waals surface area contributed by atoms with E-state index in [0.29, 0.717) is 11.7 Å². The van der Waals surface area contributed by atoms with Gasteiger partial charge in [0.25, 0.3) is 0 Å². The maximum absolute atomic E-state index is 5.60. The van der Waals surface area contributed by atoms with Crippen LogP contribution in [0.15, 0.2) is 41.3 Å². The van der Waals surface area contributed by atoms with Gasteiger partial charge in [-0.3, -0.25) is 0 Å². The van der Waals surface area contributed by atoms with Gasteiger partial charge in [0.05, 0.1) is 7.11 Å². The van der Waals surface area contributed by atoms with Crippen molar-refractivity contribution in [3.05, 3.63) is 36.4 Å². The smallest absolute Gasteiger partial charge is 0.233 e. The molecule has 0 fully saturated rings. The minimum atomic E-state index is 0.494. The summed E-state index contributed by atoms with van der Waals surface area (Å²) in [7, 11) is 1.56. The molecule has 6 heteroatoms. The molecular weight excluding hydrogens is 236 g/mol. The summed E-state index contributed by atoms with van der Waals surface area (Å²) < 4.78 is 8.00. The van der Waals surface area contributed by atoms with Crippen LogP contribution in [-0.4, -0.2) is 17.3 Å². The van der Waals surface area contributed by atoms with Crippen LogP contribution in [-0.2, 0) is 0 Å². The van der Waals surface area contributed by atoms with Crippen molar-refractivity contribution in [2.24, 2.45) is 0 Å². The Hall–Kier alpha value is -1.95. The minimum Gasteiger partial charge on any atom is -0.480 e. The molecule has 0 bridgehead atoms. The van der Waals surface area contributed by atoms with Gasteiger partial charge in [0, 0.05) is 16.6 Å². The lowest BCUT2D eigenvalue weighted by Crippen LogP contribution is -1.95. The Morgan fingerprint density at radius 1 is 1.12 bits per heavy atom. The summed E-state index contributed by atoms with van der Waals surface area (Å²) in [5.41, 5.74) is 6.35. The molecule has 1 aromatic carbocycles. The second kappa shape index (κ2) is 5.40. The molecule has 2 aromatic rings. The van der Waals surface area contributed by atoms with E-state index in [-0.39, 0.29) is 0 Å². The van der Waals surface area contributed by atoms with Gasteiger partial charge in [0.15, 0.2) is 5.82 Å². The number of aromatic nitrogens is 2.